The van der Waals surface area contributed by atoms with Crippen molar-refractivity contribution in [2.75, 3.05) is 13.1 Å². The van der Waals surface area contributed by atoms with Crippen molar-refractivity contribution in [3.8, 4) is 0 Å². The summed E-state index contributed by atoms with van der Waals surface area (Å²) in [6.07, 6.45) is 0. The smallest absolute Gasteiger partial charge is 0.302 e. The second-order valence-corrected chi connectivity index (χ2v) is 2.65. The minimum atomic E-state index is -4.23. The average molecular weight is 139 g/mol. The van der Waals surface area contributed by atoms with Crippen LogP contribution in [0.5, 0.6) is 0 Å². The molecule has 1 heterocycles. The summed E-state index contributed by atoms with van der Waals surface area (Å²) >= 11 is 0. The molecule has 8 heavy (non-hydrogen) atoms. The Bertz CT molecular complexity index is 126. The van der Waals surface area contributed by atoms with Crippen LogP contribution in [0.25, 0.3) is 0 Å². The number of phosphoric acid groups is 1. The van der Waals surface area contributed by atoms with E-state index in [-0.39, 0.29) is 0 Å². The Morgan fingerprint density at radius 1 is 1.50 bits per heavy atom. The van der Waals surface area contributed by atoms with E-state index in [4.69, 9.17) is 9.79 Å². The molecule has 0 aromatic heterocycles. The third-order valence-electron chi connectivity index (χ3n) is 0.628. The van der Waals surface area contributed by atoms with Gasteiger partial charge in [-0.2, -0.15) is 9.69 Å². The van der Waals surface area contributed by atoms with Gasteiger partial charge in [-0.05, 0) is 0 Å². The van der Waals surface area contributed by atoms with Crippen LogP contribution in [0.1, 0.15) is 0 Å². The molecule has 2 N–H and O–H groups in total. The summed E-state index contributed by atoms with van der Waals surface area (Å²) in [6, 6.07) is 0. The molecule has 0 amide bonds. The van der Waals surface area contributed by atoms with Crippen LogP contribution in [0, 0.1) is 0 Å². The molecule has 1 aliphatic heterocycles. The zero-order valence-corrected chi connectivity index (χ0v) is 4.91. The fourth-order valence-corrected chi connectivity index (χ4v) is 0.737. The Balaban J connectivity index is 2.26. The van der Waals surface area contributed by atoms with Crippen molar-refractivity contribution >= 4 is 7.82 Å². The van der Waals surface area contributed by atoms with E-state index in [1.54, 1.807) is 0 Å². The predicted octanol–water partition coefficient (Wildman–Crippen LogP) is -0.674. The lowest BCUT2D eigenvalue weighted by Crippen LogP contribution is -1.94. The fourth-order valence-electron chi connectivity index (χ4n) is 0.273. The quantitative estimate of drug-likeness (QED) is 0.392. The maximum Gasteiger partial charge on any atom is 0.486 e. The van der Waals surface area contributed by atoms with Crippen LogP contribution >= 0.6 is 7.82 Å². The average Bonchev–Trinajstić information content (AvgIpc) is 2.12. The molecule has 1 rings (SSSR count). The van der Waals surface area contributed by atoms with Crippen molar-refractivity contribution in [2.45, 2.75) is 0 Å². The molecule has 0 atom stereocenters. The van der Waals surface area contributed by atoms with Crippen LogP contribution in [0.2, 0.25) is 0 Å². The molecular formula is C2H6NO4P. The van der Waals surface area contributed by atoms with Gasteiger partial charge in [-0.15, -0.1) is 0 Å². The highest BCUT2D eigenvalue weighted by atomic mass is 31.2. The molecule has 0 bridgehead atoms. The second kappa shape index (κ2) is 1.79. The van der Waals surface area contributed by atoms with Crippen LogP contribution in [0.15, 0.2) is 0 Å². The van der Waals surface area contributed by atoms with E-state index < -0.39 is 7.82 Å². The molecule has 48 valence electrons. The molecule has 0 spiro atoms. The fraction of sp³-hybridized carbons (Fsp3) is 1.00. The van der Waals surface area contributed by atoms with Crippen molar-refractivity contribution in [1.82, 2.24) is 5.06 Å². The van der Waals surface area contributed by atoms with Crippen LogP contribution in [-0.2, 0) is 9.19 Å². The molecular weight excluding hydrogens is 133 g/mol. The van der Waals surface area contributed by atoms with Crippen LogP contribution in [-0.4, -0.2) is 27.9 Å². The summed E-state index contributed by atoms with van der Waals surface area (Å²) in [5.74, 6) is 0. The summed E-state index contributed by atoms with van der Waals surface area (Å²) in [5.41, 5.74) is 0. The largest absolute Gasteiger partial charge is 0.486 e. The maximum atomic E-state index is 9.91. The first kappa shape index (κ1) is 6.19. The third-order valence-corrected chi connectivity index (χ3v) is 1.07. The zero-order chi connectivity index (χ0) is 6.20. The van der Waals surface area contributed by atoms with Gasteiger partial charge in [0, 0.05) is 13.1 Å². The molecule has 6 heteroatoms. The Hall–Kier alpha value is 0.0700. The summed E-state index contributed by atoms with van der Waals surface area (Å²) in [7, 11) is -4.23. The van der Waals surface area contributed by atoms with Gasteiger partial charge in [0.05, 0.1) is 0 Å². The van der Waals surface area contributed by atoms with Gasteiger partial charge in [-0.25, -0.2) is 4.57 Å². The minimum absolute atomic E-state index is 0.616. The van der Waals surface area contributed by atoms with Gasteiger partial charge in [0.2, 0.25) is 0 Å². The van der Waals surface area contributed by atoms with Crippen LogP contribution in [0.3, 0.4) is 0 Å². The van der Waals surface area contributed by atoms with E-state index in [1.807, 2.05) is 0 Å². The molecule has 1 aliphatic rings. The lowest BCUT2D eigenvalue weighted by atomic mass is 11.0. The Labute approximate surface area is 46.1 Å². The number of rotatable bonds is 2. The molecule has 0 aromatic carbocycles. The highest BCUT2D eigenvalue weighted by molar-refractivity contribution is 7.46. The van der Waals surface area contributed by atoms with Gasteiger partial charge in [-0.3, -0.25) is 0 Å². The van der Waals surface area contributed by atoms with E-state index >= 15 is 0 Å². The molecule has 0 unspecified atom stereocenters. The van der Waals surface area contributed by atoms with E-state index in [0.29, 0.717) is 13.1 Å². The highest BCUT2D eigenvalue weighted by Crippen LogP contribution is 2.38. The lowest BCUT2D eigenvalue weighted by molar-refractivity contribution is 0.0274. The van der Waals surface area contributed by atoms with Gasteiger partial charge in [0.25, 0.3) is 0 Å². The maximum absolute atomic E-state index is 9.91. The van der Waals surface area contributed by atoms with Crippen molar-refractivity contribution in [3.05, 3.63) is 0 Å². The van der Waals surface area contributed by atoms with Gasteiger partial charge in [0.15, 0.2) is 0 Å². The van der Waals surface area contributed by atoms with Crippen molar-refractivity contribution in [1.29, 1.82) is 0 Å². The summed E-state index contributed by atoms with van der Waals surface area (Å²) in [6.45, 7) is 1.23. The molecule has 5 nitrogen and oxygen atoms in total. The second-order valence-electron chi connectivity index (χ2n) is 1.50. The molecule has 1 fully saturated rings. The number of hydrogen-bond donors (Lipinski definition) is 2. The number of hydroxylamine groups is 2. The molecule has 0 saturated carbocycles. The first-order valence-corrected chi connectivity index (χ1v) is 3.61. The monoisotopic (exact) mass is 139 g/mol. The lowest BCUT2D eigenvalue weighted by Gasteiger charge is -2.01. The van der Waals surface area contributed by atoms with Gasteiger partial charge in [0.1, 0.15) is 0 Å². The molecule has 0 aliphatic carbocycles. The normalized spacial score (nSPS) is 21.2. The first-order valence-electron chi connectivity index (χ1n) is 2.08. The van der Waals surface area contributed by atoms with Crippen molar-refractivity contribution < 1.29 is 19.0 Å². The molecule has 0 aromatic rings. The highest BCUT2D eigenvalue weighted by Gasteiger charge is 2.27. The SMILES string of the molecule is O=P(O)(O)ON1CC1. The van der Waals surface area contributed by atoms with Crippen LogP contribution in [0.4, 0.5) is 0 Å². The number of hydrogen-bond acceptors (Lipinski definition) is 3. The van der Waals surface area contributed by atoms with E-state index in [1.165, 1.54) is 5.06 Å². The standard InChI is InChI=1S/C2H6NO4P/c4-8(5,6)7-3-1-2-3/h1-2H2,(H2,4,5,6). The van der Waals surface area contributed by atoms with Gasteiger partial charge >= 0.3 is 7.82 Å². The topological polar surface area (TPSA) is 69.8 Å². The molecule has 0 radical (unpaired) electrons. The first-order chi connectivity index (χ1) is 3.58. The zero-order valence-electron chi connectivity index (χ0n) is 4.02. The Kier molecular flexibility index (Phi) is 1.38. The summed E-state index contributed by atoms with van der Waals surface area (Å²) in [5, 5.41) is 1.20. The van der Waals surface area contributed by atoms with E-state index in [9.17, 15) is 4.57 Å². The van der Waals surface area contributed by atoms with Crippen molar-refractivity contribution in [3.63, 3.8) is 0 Å². The molecule has 1 saturated heterocycles. The number of nitrogens with zero attached hydrogens (tertiary/aromatic N) is 1. The Morgan fingerprint density at radius 3 is 2.12 bits per heavy atom. The minimum Gasteiger partial charge on any atom is -0.302 e. The van der Waals surface area contributed by atoms with Crippen molar-refractivity contribution in [2.24, 2.45) is 0 Å². The van der Waals surface area contributed by atoms with Crippen LogP contribution < -0.4 is 0 Å². The van der Waals surface area contributed by atoms with E-state index in [0.717, 1.165) is 0 Å². The van der Waals surface area contributed by atoms with E-state index in [2.05, 4.69) is 4.62 Å². The van der Waals surface area contributed by atoms with Gasteiger partial charge in [-0.1, -0.05) is 0 Å². The Morgan fingerprint density at radius 2 is 2.00 bits per heavy atom. The summed E-state index contributed by atoms with van der Waals surface area (Å²) in [4.78, 5) is 16.2. The predicted molar refractivity (Wildman–Crippen MR) is 24.7 cm³/mol. The third kappa shape index (κ3) is 2.40. The van der Waals surface area contributed by atoms with Gasteiger partial charge < -0.3 is 9.79 Å². The summed E-state index contributed by atoms with van der Waals surface area (Å²) < 4.78 is 14.0.